The normalized spacial score (nSPS) is 11.5. The third-order valence-corrected chi connectivity index (χ3v) is 10.3. The molecule has 5 aromatic carbocycles. The summed E-state index contributed by atoms with van der Waals surface area (Å²) >= 11 is 0. The molecular weight excluding hydrogens is 391 g/mol. The van der Waals surface area contributed by atoms with E-state index < -0.39 is 7.26 Å². The second-order valence-corrected chi connectivity index (χ2v) is 11.8. The van der Waals surface area contributed by atoms with Crippen molar-refractivity contribution in [1.82, 2.24) is 0 Å². The molecule has 0 aliphatic rings. The van der Waals surface area contributed by atoms with E-state index in [0.717, 1.165) is 0 Å². The maximum absolute atomic E-state index is 2.46. The van der Waals surface area contributed by atoms with Crippen LogP contribution in [0.15, 0.2) is 121 Å². The molecule has 0 radical (unpaired) electrons. The van der Waals surface area contributed by atoms with E-state index >= 15 is 0 Å². The van der Waals surface area contributed by atoms with Gasteiger partial charge in [-0.05, 0) is 59.7 Å². The van der Waals surface area contributed by atoms with Crippen LogP contribution >= 0.6 is 7.26 Å². The Bertz CT molecular complexity index is 1300. The molecule has 0 aromatic heterocycles. The first-order valence-corrected chi connectivity index (χ1v) is 13.0. The fraction of sp³-hybridized carbons (Fsp3) is 0.0667. The summed E-state index contributed by atoms with van der Waals surface area (Å²) in [6.07, 6.45) is 0. The van der Waals surface area contributed by atoms with E-state index in [2.05, 4.69) is 135 Å². The van der Waals surface area contributed by atoms with E-state index in [1.54, 1.807) is 0 Å². The van der Waals surface area contributed by atoms with Gasteiger partial charge in [-0.25, -0.2) is 0 Å². The third-order valence-electron chi connectivity index (χ3n) is 6.24. The summed E-state index contributed by atoms with van der Waals surface area (Å²) in [5.41, 5.74) is 3.91. The Morgan fingerprint density at radius 2 is 1.06 bits per heavy atom. The van der Waals surface area contributed by atoms with Gasteiger partial charge in [0, 0.05) is 5.56 Å². The first-order chi connectivity index (χ1) is 15.2. The van der Waals surface area contributed by atoms with Crippen LogP contribution in [0.2, 0.25) is 0 Å². The van der Waals surface area contributed by atoms with E-state index in [9.17, 15) is 0 Å². The zero-order chi connectivity index (χ0) is 21.3. The molecule has 31 heavy (non-hydrogen) atoms. The van der Waals surface area contributed by atoms with Crippen molar-refractivity contribution in [2.45, 2.75) is 6.92 Å². The molecule has 0 bridgehead atoms. The minimum atomic E-state index is -1.80. The Morgan fingerprint density at radius 1 is 0.516 bits per heavy atom. The number of hydrogen-bond acceptors (Lipinski definition) is 0. The monoisotopic (exact) mass is 417 g/mol. The van der Waals surface area contributed by atoms with Gasteiger partial charge in [0.2, 0.25) is 0 Å². The maximum Gasteiger partial charge on any atom is 0.112 e. The van der Waals surface area contributed by atoms with E-state index in [1.807, 2.05) is 0 Å². The zero-order valence-electron chi connectivity index (χ0n) is 18.0. The van der Waals surface area contributed by atoms with Crippen LogP contribution in [-0.2, 0) is 0 Å². The van der Waals surface area contributed by atoms with Crippen LogP contribution in [0.25, 0.3) is 21.9 Å². The molecule has 0 unspecified atom stereocenters. The van der Waals surface area contributed by atoms with Crippen LogP contribution in [-0.4, -0.2) is 6.66 Å². The van der Waals surface area contributed by atoms with Crippen LogP contribution in [0, 0.1) is 6.92 Å². The summed E-state index contributed by atoms with van der Waals surface area (Å²) < 4.78 is 0. The van der Waals surface area contributed by atoms with Crippen molar-refractivity contribution >= 4 is 33.9 Å². The van der Waals surface area contributed by atoms with Crippen LogP contribution < -0.4 is 15.9 Å². The molecule has 0 nitrogen and oxygen atoms in total. The Morgan fingerprint density at radius 3 is 1.74 bits per heavy atom. The van der Waals surface area contributed by atoms with E-state index in [4.69, 9.17) is 0 Å². The van der Waals surface area contributed by atoms with Gasteiger partial charge in [0.15, 0.2) is 0 Å². The number of rotatable bonds is 4. The molecule has 5 aromatic rings. The first kappa shape index (κ1) is 19.7. The van der Waals surface area contributed by atoms with Gasteiger partial charge in [0.25, 0.3) is 0 Å². The van der Waals surface area contributed by atoms with Crippen molar-refractivity contribution in [3.8, 4) is 11.1 Å². The zero-order valence-corrected chi connectivity index (χ0v) is 18.9. The van der Waals surface area contributed by atoms with Gasteiger partial charge in [0.1, 0.15) is 23.2 Å². The average Bonchev–Trinajstić information content (AvgIpc) is 2.84. The van der Waals surface area contributed by atoms with Crippen LogP contribution in [0.5, 0.6) is 0 Å². The van der Waals surface area contributed by atoms with Gasteiger partial charge >= 0.3 is 0 Å². The lowest BCUT2D eigenvalue weighted by Gasteiger charge is -2.25. The number of hydrogen-bond donors (Lipinski definition) is 0. The molecule has 0 fully saturated rings. The lowest BCUT2D eigenvalue weighted by atomic mass is 10.0. The summed E-state index contributed by atoms with van der Waals surface area (Å²) in [5, 5.41) is 6.83. The minimum Gasteiger partial charge on any atom is -0.0620 e. The lowest BCUT2D eigenvalue weighted by molar-refractivity contribution is 1.50. The molecule has 0 N–H and O–H groups in total. The van der Waals surface area contributed by atoms with Crippen molar-refractivity contribution in [3.63, 3.8) is 0 Å². The molecule has 0 atom stereocenters. The second kappa shape index (κ2) is 8.14. The fourth-order valence-electron chi connectivity index (χ4n) is 4.52. The highest BCUT2D eigenvalue weighted by Crippen LogP contribution is 2.53. The van der Waals surface area contributed by atoms with Crippen LogP contribution in [0.3, 0.4) is 0 Å². The molecule has 0 amide bonds. The molecule has 0 aliphatic carbocycles. The standard InChI is InChI=1S/C30H26P/c1-23-17-18-25-22-26(20-19-24(25)21-23)29-15-9-10-16-30(29)31(2,27-11-5-3-6-12-27)28-13-7-4-8-14-28/h3-22H,1-2H3/q+1. The predicted molar refractivity (Wildman–Crippen MR) is 139 cm³/mol. The summed E-state index contributed by atoms with van der Waals surface area (Å²) in [6, 6.07) is 44.6. The maximum atomic E-state index is 2.46. The number of fused-ring (bicyclic) bond motifs is 1. The molecule has 0 aliphatic heterocycles. The van der Waals surface area contributed by atoms with Gasteiger partial charge in [-0.2, -0.15) is 0 Å². The Balaban J connectivity index is 1.76. The topological polar surface area (TPSA) is 0 Å². The van der Waals surface area contributed by atoms with Crippen molar-refractivity contribution in [3.05, 3.63) is 127 Å². The molecule has 150 valence electrons. The molecule has 0 saturated carbocycles. The minimum absolute atomic E-state index is 1.28. The summed E-state index contributed by atoms with van der Waals surface area (Å²) in [6.45, 7) is 4.61. The smallest absolute Gasteiger partial charge is 0.0620 e. The van der Waals surface area contributed by atoms with Gasteiger partial charge < -0.3 is 0 Å². The molecule has 0 spiro atoms. The van der Waals surface area contributed by atoms with E-state index in [0.29, 0.717) is 0 Å². The summed E-state index contributed by atoms with van der Waals surface area (Å²) in [4.78, 5) is 0. The molecule has 1 heteroatoms. The van der Waals surface area contributed by atoms with Crippen LogP contribution in [0.1, 0.15) is 5.56 Å². The first-order valence-electron chi connectivity index (χ1n) is 10.7. The highest BCUT2D eigenvalue weighted by Gasteiger charge is 2.41. The quantitative estimate of drug-likeness (QED) is 0.284. The van der Waals surface area contributed by atoms with Crippen molar-refractivity contribution in [1.29, 1.82) is 0 Å². The van der Waals surface area contributed by atoms with Crippen molar-refractivity contribution in [2.24, 2.45) is 0 Å². The second-order valence-electron chi connectivity index (χ2n) is 8.26. The van der Waals surface area contributed by atoms with Gasteiger partial charge in [-0.15, -0.1) is 0 Å². The van der Waals surface area contributed by atoms with Gasteiger partial charge in [-0.1, -0.05) is 90.5 Å². The van der Waals surface area contributed by atoms with Crippen molar-refractivity contribution in [2.75, 3.05) is 6.66 Å². The predicted octanol–water partition coefficient (Wildman–Crippen LogP) is 6.74. The van der Waals surface area contributed by atoms with Gasteiger partial charge in [0.05, 0.1) is 6.66 Å². The molecular formula is C30H26P+. The molecule has 5 rings (SSSR count). The Labute approximate surface area is 185 Å². The largest absolute Gasteiger partial charge is 0.112 e. The Hall–Kier alpha value is -3.21. The van der Waals surface area contributed by atoms with Gasteiger partial charge in [-0.3, -0.25) is 0 Å². The highest BCUT2D eigenvalue weighted by atomic mass is 31.2. The number of aryl methyl sites for hydroxylation is 1. The van der Waals surface area contributed by atoms with E-state index in [-0.39, 0.29) is 0 Å². The summed E-state index contributed by atoms with van der Waals surface area (Å²) in [5.74, 6) is 0. The lowest BCUT2D eigenvalue weighted by Crippen LogP contribution is -2.31. The van der Waals surface area contributed by atoms with Crippen LogP contribution in [0.4, 0.5) is 0 Å². The number of benzene rings is 5. The molecule has 0 heterocycles. The molecule has 0 saturated heterocycles. The van der Waals surface area contributed by atoms with Crippen molar-refractivity contribution < 1.29 is 0 Å². The third kappa shape index (κ3) is 3.58. The van der Waals surface area contributed by atoms with E-state index in [1.165, 1.54) is 43.4 Å². The summed E-state index contributed by atoms with van der Waals surface area (Å²) in [7, 11) is -1.80. The SMILES string of the molecule is Cc1ccc2cc(-c3ccccc3[P+](C)(c3ccccc3)c3ccccc3)ccc2c1. The highest BCUT2D eigenvalue weighted by molar-refractivity contribution is 7.95. The Kier molecular flexibility index (Phi) is 5.18. The average molecular weight is 418 g/mol. The fourth-order valence-corrected chi connectivity index (χ4v) is 7.98.